The lowest BCUT2D eigenvalue weighted by Crippen LogP contribution is -2.50. The van der Waals surface area contributed by atoms with Gasteiger partial charge in [0, 0.05) is 38.3 Å². The van der Waals surface area contributed by atoms with Crippen LogP contribution < -0.4 is 4.90 Å². The van der Waals surface area contributed by atoms with Crippen molar-refractivity contribution in [2.45, 2.75) is 12.8 Å². The molecule has 3 rings (SSSR count). The number of halogens is 1. The lowest BCUT2D eigenvalue weighted by Gasteiger charge is -2.37. The molecule has 1 heterocycles. The second-order valence-corrected chi connectivity index (χ2v) is 6.33. The zero-order valence-corrected chi connectivity index (χ0v) is 14.5. The van der Waals surface area contributed by atoms with E-state index in [1.165, 1.54) is 18.2 Å². The van der Waals surface area contributed by atoms with Gasteiger partial charge in [0.15, 0.2) is 0 Å². The largest absolute Gasteiger partial charge is 0.366 e. The van der Waals surface area contributed by atoms with Crippen LogP contribution in [0.4, 0.5) is 15.8 Å². The van der Waals surface area contributed by atoms with Crippen LogP contribution in [0.5, 0.6) is 0 Å². The molecule has 0 radical (unpaired) electrons. The summed E-state index contributed by atoms with van der Waals surface area (Å²) >= 11 is 0. The maximum Gasteiger partial charge on any atom is 0.269 e. The van der Waals surface area contributed by atoms with Gasteiger partial charge in [0.1, 0.15) is 5.82 Å². The molecule has 0 saturated carbocycles. The normalized spacial score (nSPS) is 15.6. The number of carbonyl (C=O) groups is 1. The predicted octanol–water partition coefficient (Wildman–Crippen LogP) is 3.19. The number of amides is 1. The molecule has 0 unspecified atom stereocenters. The van der Waals surface area contributed by atoms with Crippen LogP contribution in [-0.4, -0.2) is 41.9 Å². The Morgan fingerprint density at radius 2 is 1.69 bits per heavy atom. The molecule has 26 heavy (non-hydrogen) atoms. The molecular formula is C19H20FN3O3. The number of para-hydroxylation sites is 1. The lowest BCUT2D eigenvalue weighted by atomic mass is 9.99. The molecule has 136 valence electrons. The van der Waals surface area contributed by atoms with Gasteiger partial charge in [-0.15, -0.1) is 0 Å². The molecule has 1 amide bonds. The van der Waals surface area contributed by atoms with E-state index in [2.05, 4.69) is 0 Å². The average molecular weight is 357 g/mol. The lowest BCUT2D eigenvalue weighted by molar-refractivity contribution is -0.384. The fourth-order valence-corrected chi connectivity index (χ4v) is 3.18. The molecule has 6 nitrogen and oxygen atoms in total. The highest BCUT2D eigenvalue weighted by atomic mass is 19.1. The highest BCUT2D eigenvalue weighted by Crippen LogP contribution is 2.24. The summed E-state index contributed by atoms with van der Waals surface area (Å²) in [6.07, 6.45) is 0. The Balaban J connectivity index is 1.62. The monoisotopic (exact) mass is 357 g/mol. The topological polar surface area (TPSA) is 66.7 Å². The molecule has 1 atom stereocenters. The van der Waals surface area contributed by atoms with Gasteiger partial charge >= 0.3 is 0 Å². The molecule has 0 aliphatic carbocycles. The summed E-state index contributed by atoms with van der Waals surface area (Å²) in [7, 11) is 0. The standard InChI is InChI=1S/C19H20FN3O3/c1-14(15-6-8-16(9-7-15)23(25)26)19(24)22-12-10-21(11-13-22)18-5-3-2-4-17(18)20/h2-9,14H,10-13H2,1H3/t14-/m0/s1. The van der Waals surface area contributed by atoms with E-state index in [9.17, 15) is 19.3 Å². The Labute approximate surface area is 151 Å². The Bertz CT molecular complexity index is 802. The number of hydrogen-bond acceptors (Lipinski definition) is 4. The van der Waals surface area contributed by atoms with E-state index < -0.39 is 4.92 Å². The van der Waals surface area contributed by atoms with Crippen molar-refractivity contribution < 1.29 is 14.1 Å². The number of nitrogens with zero attached hydrogens (tertiary/aromatic N) is 3. The minimum Gasteiger partial charge on any atom is -0.366 e. The summed E-state index contributed by atoms with van der Waals surface area (Å²) in [5.74, 6) is -0.658. The number of non-ortho nitro benzene ring substituents is 1. The summed E-state index contributed by atoms with van der Waals surface area (Å²) in [4.78, 5) is 26.7. The first-order valence-corrected chi connectivity index (χ1v) is 8.50. The van der Waals surface area contributed by atoms with Gasteiger partial charge < -0.3 is 9.80 Å². The van der Waals surface area contributed by atoms with Crippen LogP contribution in [0.2, 0.25) is 0 Å². The van der Waals surface area contributed by atoms with E-state index in [0.717, 1.165) is 5.56 Å². The second-order valence-electron chi connectivity index (χ2n) is 6.33. The van der Waals surface area contributed by atoms with Crippen LogP contribution in [0.25, 0.3) is 0 Å². The van der Waals surface area contributed by atoms with Crippen molar-refractivity contribution in [2.75, 3.05) is 31.1 Å². The molecule has 1 fully saturated rings. The Morgan fingerprint density at radius 1 is 1.08 bits per heavy atom. The fraction of sp³-hybridized carbons (Fsp3) is 0.316. The van der Waals surface area contributed by atoms with Crippen molar-refractivity contribution in [3.8, 4) is 0 Å². The van der Waals surface area contributed by atoms with E-state index >= 15 is 0 Å². The van der Waals surface area contributed by atoms with Crippen LogP contribution >= 0.6 is 0 Å². The van der Waals surface area contributed by atoms with Gasteiger partial charge in [-0.2, -0.15) is 0 Å². The molecular weight excluding hydrogens is 337 g/mol. The quantitative estimate of drug-likeness (QED) is 0.623. The summed E-state index contributed by atoms with van der Waals surface area (Å²) in [5, 5.41) is 10.7. The van der Waals surface area contributed by atoms with Crippen molar-refractivity contribution in [1.29, 1.82) is 0 Å². The van der Waals surface area contributed by atoms with E-state index in [1.54, 1.807) is 42.2 Å². The zero-order valence-electron chi connectivity index (χ0n) is 14.5. The first-order valence-electron chi connectivity index (χ1n) is 8.50. The summed E-state index contributed by atoms with van der Waals surface area (Å²) in [6, 6.07) is 12.7. The summed E-state index contributed by atoms with van der Waals surface area (Å²) in [6.45, 7) is 3.97. The maximum atomic E-state index is 13.9. The van der Waals surface area contributed by atoms with Crippen LogP contribution in [-0.2, 0) is 4.79 Å². The minimum absolute atomic E-state index is 0.00639. The molecule has 1 aliphatic rings. The number of piperazine rings is 1. The van der Waals surface area contributed by atoms with Gasteiger partial charge in [-0.3, -0.25) is 14.9 Å². The summed E-state index contributed by atoms with van der Waals surface area (Å²) in [5.41, 5.74) is 1.31. The van der Waals surface area contributed by atoms with Crippen LogP contribution in [0.1, 0.15) is 18.4 Å². The highest BCUT2D eigenvalue weighted by molar-refractivity contribution is 5.83. The number of hydrogen-bond donors (Lipinski definition) is 0. The van der Waals surface area contributed by atoms with Gasteiger partial charge in [0.2, 0.25) is 5.91 Å². The van der Waals surface area contributed by atoms with Crippen molar-refractivity contribution in [3.05, 3.63) is 70.0 Å². The molecule has 0 bridgehead atoms. The van der Waals surface area contributed by atoms with E-state index in [-0.39, 0.29) is 23.3 Å². The zero-order chi connectivity index (χ0) is 18.7. The minimum atomic E-state index is -0.460. The van der Waals surface area contributed by atoms with Crippen molar-refractivity contribution in [2.24, 2.45) is 0 Å². The van der Waals surface area contributed by atoms with E-state index in [0.29, 0.717) is 31.9 Å². The summed E-state index contributed by atoms with van der Waals surface area (Å²) < 4.78 is 13.9. The van der Waals surface area contributed by atoms with E-state index in [4.69, 9.17) is 0 Å². The Kier molecular flexibility index (Phi) is 5.16. The Hall–Kier alpha value is -2.96. The van der Waals surface area contributed by atoms with Crippen LogP contribution in [0, 0.1) is 15.9 Å². The maximum absolute atomic E-state index is 13.9. The Morgan fingerprint density at radius 3 is 2.27 bits per heavy atom. The van der Waals surface area contributed by atoms with Gasteiger partial charge in [-0.25, -0.2) is 4.39 Å². The average Bonchev–Trinajstić information content (AvgIpc) is 2.67. The first kappa shape index (κ1) is 17.8. The molecule has 0 N–H and O–H groups in total. The second kappa shape index (κ2) is 7.51. The van der Waals surface area contributed by atoms with Gasteiger partial charge in [-0.05, 0) is 24.6 Å². The molecule has 2 aromatic carbocycles. The van der Waals surface area contributed by atoms with Gasteiger partial charge in [-0.1, -0.05) is 24.3 Å². The molecule has 2 aromatic rings. The predicted molar refractivity (Wildman–Crippen MR) is 96.7 cm³/mol. The molecule has 0 aromatic heterocycles. The number of nitro benzene ring substituents is 1. The first-order chi connectivity index (χ1) is 12.5. The third-order valence-corrected chi connectivity index (χ3v) is 4.76. The number of benzene rings is 2. The van der Waals surface area contributed by atoms with E-state index in [1.807, 2.05) is 4.90 Å². The van der Waals surface area contributed by atoms with Gasteiger partial charge in [0.25, 0.3) is 5.69 Å². The molecule has 7 heteroatoms. The van der Waals surface area contributed by atoms with Crippen molar-refractivity contribution >= 4 is 17.3 Å². The number of anilines is 1. The van der Waals surface area contributed by atoms with Gasteiger partial charge in [0.05, 0.1) is 16.5 Å². The molecule has 0 spiro atoms. The number of rotatable bonds is 4. The highest BCUT2D eigenvalue weighted by Gasteiger charge is 2.26. The molecule has 1 aliphatic heterocycles. The third kappa shape index (κ3) is 3.66. The number of carbonyl (C=O) groups excluding carboxylic acids is 1. The van der Waals surface area contributed by atoms with Crippen LogP contribution in [0.15, 0.2) is 48.5 Å². The van der Waals surface area contributed by atoms with Crippen molar-refractivity contribution in [3.63, 3.8) is 0 Å². The molecule has 1 saturated heterocycles. The van der Waals surface area contributed by atoms with Crippen LogP contribution in [0.3, 0.4) is 0 Å². The fourth-order valence-electron chi connectivity index (χ4n) is 3.18. The third-order valence-electron chi connectivity index (χ3n) is 4.76. The smallest absolute Gasteiger partial charge is 0.269 e. The SMILES string of the molecule is C[C@H](C(=O)N1CCN(c2ccccc2F)CC1)c1ccc([N+](=O)[O-])cc1. The number of nitro groups is 1. The van der Waals surface area contributed by atoms with Crippen molar-refractivity contribution in [1.82, 2.24) is 4.90 Å².